The molecule has 38 heavy (non-hydrogen) atoms. The summed E-state index contributed by atoms with van der Waals surface area (Å²) in [6.45, 7) is 5.72. The van der Waals surface area contributed by atoms with Gasteiger partial charge in [0.25, 0.3) is 11.4 Å². The van der Waals surface area contributed by atoms with Crippen molar-refractivity contribution in [3.8, 4) is 0 Å². The van der Waals surface area contributed by atoms with Crippen LogP contribution in [0.4, 0.5) is 13.2 Å². The minimum absolute atomic E-state index is 0.412. The second kappa shape index (κ2) is 11.7. The minimum Gasteiger partial charge on any atom is -0.437 e. The fraction of sp³-hybridized carbons (Fsp3) is 0.714. The van der Waals surface area contributed by atoms with Crippen LogP contribution in [0.1, 0.15) is 54.2 Å². The molecule has 0 unspecified atom stereocenters. The van der Waals surface area contributed by atoms with E-state index in [1.165, 1.54) is 41.5 Å². The smallest absolute Gasteiger partial charge is 0.437 e. The van der Waals surface area contributed by atoms with Crippen molar-refractivity contribution >= 4 is 19.8 Å². The summed E-state index contributed by atoms with van der Waals surface area (Å²) in [5.41, 5.74) is -4.47. The van der Waals surface area contributed by atoms with Gasteiger partial charge in [-0.05, 0) is 41.5 Å². The molecule has 1 fully saturated rings. The van der Waals surface area contributed by atoms with E-state index in [0.717, 1.165) is 0 Å². The molecule has 0 saturated carbocycles. The van der Waals surface area contributed by atoms with E-state index in [4.69, 9.17) is 27.8 Å². The van der Waals surface area contributed by atoms with Crippen LogP contribution in [0.2, 0.25) is 0 Å². The summed E-state index contributed by atoms with van der Waals surface area (Å²) < 4.78 is 86.0. The molecule has 2 heterocycles. The zero-order chi connectivity index (χ0) is 29.1. The number of hydrogen-bond acceptors (Lipinski definition) is 11. The predicted molar refractivity (Wildman–Crippen MR) is 121 cm³/mol. The van der Waals surface area contributed by atoms with Gasteiger partial charge in [0, 0.05) is 6.42 Å². The molecule has 13 nitrogen and oxygen atoms in total. The first kappa shape index (κ1) is 31.7. The number of nitrogens with zero attached hydrogens (tertiary/aromatic N) is 1. The van der Waals surface area contributed by atoms with E-state index >= 15 is 4.39 Å². The molecule has 0 radical (unpaired) electrons. The maximum atomic E-state index is 15.3. The lowest BCUT2D eigenvalue weighted by atomic mass is 9.98. The lowest BCUT2D eigenvalue weighted by Gasteiger charge is -2.25. The second-order valence-electron chi connectivity index (χ2n) is 10.3. The molecule has 1 saturated heterocycles. The van der Waals surface area contributed by atoms with E-state index in [9.17, 15) is 32.5 Å². The van der Waals surface area contributed by atoms with Crippen molar-refractivity contribution < 1.29 is 55.1 Å². The number of aromatic nitrogens is 2. The van der Waals surface area contributed by atoms with Crippen LogP contribution in [0.15, 0.2) is 15.8 Å². The highest BCUT2D eigenvalue weighted by atomic mass is 31.2. The van der Waals surface area contributed by atoms with E-state index in [2.05, 4.69) is 0 Å². The number of phosphoric acid groups is 1. The molecule has 1 aliphatic heterocycles. The number of carbonyl (C=O) groups is 2. The van der Waals surface area contributed by atoms with Crippen LogP contribution in [0.25, 0.3) is 0 Å². The Hall–Kier alpha value is -2.52. The number of esters is 2. The van der Waals surface area contributed by atoms with E-state index in [1.54, 1.807) is 4.98 Å². The molecule has 0 amide bonds. The molecular weight excluding hydrogens is 544 g/mol. The first-order valence-electron chi connectivity index (χ1n) is 11.2. The number of alkyl halides is 2. The van der Waals surface area contributed by atoms with Crippen LogP contribution in [0.3, 0.4) is 0 Å². The Morgan fingerprint density at radius 3 is 2.05 bits per heavy atom. The van der Waals surface area contributed by atoms with Crippen LogP contribution < -0.4 is 11.2 Å². The third-order valence-corrected chi connectivity index (χ3v) is 6.18. The Morgan fingerprint density at radius 2 is 1.58 bits per heavy atom. The van der Waals surface area contributed by atoms with Crippen molar-refractivity contribution in [3.63, 3.8) is 0 Å². The molecular formula is C21H30F3N2O11P. The molecule has 2 rings (SSSR count). The summed E-state index contributed by atoms with van der Waals surface area (Å²) in [7, 11) is -4.89. The Balaban J connectivity index is 2.14. The molecule has 0 aromatic carbocycles. The highest BCUT2D eigenvalue weighted by Gasteiger charge is 2.53. The summed E-state index contributed by atoms with van der Waals surface area (Å²) in [5.74, 6) is -6.29. The molecule has 0 bridgehead atoms. The van der Waals surface area contributed by atoms with Gasteiger partial charge >= 0.3 is 25.5 Å². The van der Waals surface area contributed by atoms with Gasteiger partial charge in [-0.1, -0.05) is 0 Å². The molecule has 0 aliphatic carbocycles. The van der Waals surface area contributed by atoms with Crippen molar-refractivity contribution in [2.45, 2.75) is 66.2 Å². The van der Waals surface area contributed by atoms with Gasteiger partial charge in [0.15, 0.2) is 6.17 Å². The van der Waals surface area contributed by atoms with Gasteiger partial charge in [-0.3, -0.25) is 28.5 Å². The van der Waals surface area contributed by atoms with Gasteiger partial charge < -0.3 is 14.2 Å². The minimum atomic E-state index is -4.89. The Morgan fingerprint density at radius 1 is 1.08 bits per heavy atom. The van der Waals surface area contributed by atoms with Crippen molar-refractivity contribution in [2.24, 2.45) is 10.8 Å². The van der Waals surface area contributed by atoms with E-state index in [-0.39, 0.29) is 0 Å². The maximum Gasteiger partial charge on any atom is 0.480 e. The Bertz CT molecular complexity index is 1150. The van der Waals surface area contributed by atoms with E-state index in [1.807, 2.05) is 0 Å². The van der Waals surface area contributed by atoms with Crippen LogP contribution in [-0.4, -0.2) is 53.7 Å². The molecule has 0 spiro atoms. The van der Waals surface area contributed by atoms with E-state index in [0.29, 0.717) is 10.8 Å². The standard InChI is InChI=1S/C21H30F3N2O11P/c1-19(2,3)16(28)32-10-35-38(31,36-11-33-17(29)20(4,5)6)34-9-21(24)13(23)7-14(37-21)26-8-12(22)15(27)25-18(26)30/h8,13-14H,7,9-11H2,1-6H3,(H,25,27,30)/t13-,14+,21+/m0/s1. The average molecular weight is 574 g/mol. The molecule has 1 aliphatic rings. The van der Waals surface area contributed by atoms with Crippen molar-refractivity contribution in [3.05, 3.63) is 32.9 Å². The van der Waals surface area contributed by atoms with Crippen LogP contribution in [0, 0.1) is 16.6 Å². The molecule has 1 N–H and O–H groups in total. The second-order valence-corrected chi connectivity index (χ2v) is 12.0. The fourth-order valence-electron chi connectivity index (χ4n) is 2.67. The van der Waals surface area contributed by atoms with Crippen molar-refractivity contribution in [1.29, 1.82) is 0 Å². The molecule has 1 aromatic heterocycles. The zero-order valence-corrected chi connectivity index (χ0v) is 22.5. The van der Waals surface area contributed by atoms with Crippen LogP contribution >= 0.6 is 7.82 Å². The summed E-state index contributed by atoms with van der Waals surface area (Å²) in [6.07, 6.45) is -4.60. The first-order chi connectivity index (χ1) is 17.3. The zero-order valence-electron chi connectivity index (χ0n) is 21.6. The Labute approximate surface area is 215 Å². The molecule has 17 heteroatoms. The van der Waals surface area contributed by atoms with Gasteiger partial charge in [-0.15, -0.1) is 0 Å². The monoisotopic (exact) mass is 574 g/mol. The van der Waals surface area contributed by atoms with Gasteiger partial charge in [0.1, 0.15) is 12.8 Å². The molecule has 3 atom stereocenters. The third-order valence-electron chi connectivity index (χ3n) is 4.89. The topological polar surface area (TPSA) is 161 Å². The maximum absolute atomic E-state index is 15.3. The van der Waals surface area contributed by atoms with E-state index < -0.39 is 92.5 Å². The lowest BCUT2D eigenvalue weighted by molar-refractivity contribution is -0.197. The van der Waals surface area contributed by atoms with Gasteiger partial charge in [0.05, 0.1) is 17.0 Å². The number of aromatic amines is 1. The predicted octanol–water partition coefficient (Wildman–Crippen LogP) is 2.85. The average Bonchev–Trinajstić information content (AvgIpc) is 3.08. The SMILES string of the molecule is CC(C)(C)C(=O)OCOP(=O)(OCOC(=O)C(C)(C)C)OC[C@@]1(F)O[C@@H](n2cc(F)c(=O)[nH]c2=O)C[C@@H]1F. The molecule has 1 aromatic rings. The number of phosphoric ester groups is 1. The highest BCUT2D eigenvalue weighted by Crippen LogP contribution is 2.52. The highest BCUT2D eigenvalue weighted by molar-refractivity contribution is 7.48. The summed E-state index contributed by atoms with van der Waals surface area (Å²) in [6, 6.07) is 0. The number of nitrogens with one attached hydrogen (secondary N) is 1. The number of rotatable bonds is 10. The van der Waals surface area contributed by atoms with Crippen molar-refractivity contribution in [1.82, 2.24) is 9.55 Å². The van der Waals surface area contributed by atoms with Crippen molar-refractivity contribution in [2.75, 3.05) is 20.2 Å². The van der Waals surface area contributed by atoms with Gasteiger partial charge in [-0.25, -0.2) is 27.2 Å². The fourth-order valence-corrected chi connectivity index (χ4v) is 3.59. The van der Waals surface area contributed by atoms with Crippen LogP contribution in [0.5, 0.6) is 0 Å². The first-order valence-corrected chi connectivity index (χ1v) is 12.6. The summed E-state index contributed by atoms with van der Waals surface area (Å²) >= 11 is 0. The third kappa shape index (κ3) is 8.24. The number of ether oxygens (including phenoxy) is 3. The summed E-state index contributed by atoms with van der Waals surface area (Å²) in [4.78, 5) is 48.6. The lowest BCUT2D eigenvalue weighted by Crippen LogP contribution is -2.38. The summed E-state index contributed by atoms with van der Waals surface area (Å²) in [5, 5.41) is 0. The Kier molecular flexibility index (Phi) is 9.76. The molecule has 216 valence electrons. The largest absolute Gasteiger partial charge is 0.480 e. The van der Waals surface area contributed by atoms with Gasteiger partial charge in [-0.2, -0.15) is 4.39 Å². The van der Waals surface area contributed by atoms with Gasteiger partial charge in [0.2, 0.25) is 19.4 Å². The van der Waals surface area contributed by atoms with Crippen LogP contribution in [-0.2, 0) is 41.9 Å². The number of H-pyrrole nitrogens is 1. The normalized spacial score (nSPS) is 22.3. The quantitative estimate of drug-likeness (QED) is 0.248. The number of hydrogen-bond donors (Lipinski definition) is 1. The number of carbonyl (C=O) groups excluding carboxylic acids is 2. The number of halogens is 3.